The number of nitrogens with zero attached hydrogens (tertiary/aromatic N) is 1. The molecule has 0 heterocycles. The number of carbonyl (C=O) groups excluding carboxylic acids is 1. The van der Waals surface area contributed by atoms with E-state index < -0.39 is 10.0 Å². The maximum Gasteiger partial charge on any atom is 0.232 e. The zero-order chi connectivity index (χ0) is 22.0. The van der Waals surface area contributed by atoms with Crippen LogP contribution in [0, 0.1) is 0 Å². The molecule has 0 saturated carbocycles. The van der Waals surface area contributed by atoms with E-state index in [1.165, 1.54) is 11.4 Å². The maximum absolute atomic E-state index is 12.2. The van der Waals surface area contributed by atoms with Crippen molar-refractivity contribution in [2.45, 2.75) is 12.8 Å². The van der Waals surface area contributed by atoms with Crippen molar-refractivity contribution < 1.29 is 27.4 Å². The Morgan fingerprint density at radius 1 is 1.03 bits per heavy atom. The predicted octanol–water partition coefficient (Wildman–Crippen LogP) is 2.45. The molecule has 2 aromatic carbocycles. The maximum atomic E-state index is 12.2. The molecule has 1 N–H and O–H groups in total. The molecule has 2 aromatic rings. The van der Waals surface area contributed by atoms with Gasteiger partial charge in [0.25, 0.3) is 0 Å². The van der Waals surface area contributed by atoms with Gasteiger partial charge >= 0.3 is 0 Å². The SMILES string of the molecule is COc1cccc(OCCNC(=O)CCCN(c2ccccc2OC)S(C)(=O)=O)c1. The molecule has 164 valence electrons. The van der Waals surface area contributed by atoms with Crippen LogP contribution in [0.2, 0.25) is 0 Å². The number of methoxy groups -OCH3 is 2. The van der Waals surface area contributed by atoms with Crippen LogP contribution in [-0.4, -0.2) is 54.5 Å². The largest absolute Gasteiger partial charge is 0.497 e. The lowest BCUT2D eigenvalue weighted by atomic mass is 10.2. The van der Waals surface area contributed by atoms with E-state index in [0.29, 0.717) is 42.5 Å². The summed E-state index contributed by atoms with van der Waals surface area (Å²) in [4.78, 5) is 12.1. The fraction of sp³-hybridized carbons (Fsp3) is 0.381. The Kier molecular flexibility index (Phi) is 8.79. The Balaban J connectivity index is 1.79. The van der Waals surface area contributed by atoms with Crippen LogP contribution in [0.3, 0.4) is 0 Å². The average molecular weight is 437 g/mol. The number of ether oxygens (including phenoxy) is 3. The van der Waals surface area contributed by atoms with Gasteiger partial charge in [-0.1, -0.05) is 18.2 Å². The molecule has 0 saturated heterocycles. The molecular weight excluding hydrogens is 408 g/mol. The Bertz CT molecular complexity index is 933. The quantitative estimate of drug-likeness (QED) is 0.514. The van der Waals surface area contributed by atoms with Crippen LogP contribution in [0.4, 0.5) is 5.69 Å². The summed E-state index contributed by atoms with van der Waals surface area (Å²) in [6.07, 6.45) is 1.70. The highest BCUT2D eigenvalue weighted by atomic mass is 32.2. The first kappa shape index (κ1) is 23.3. The van der Waals surface area contributed by atoms with Crippen LogP contribution in [0.5, 0.6) is 17.2 Å². The van der Waals surface area contributed by atoms with Crippen molar-refractivity contribution >= 4 is 21.6 Å². The molecule has 2 rings (SSSR count). The number of benzene rings is 2. The molecular formula is C21H28N2O6S. The third kappa shape index (κ3) is 7.14. The van der Waals surface area contributed by atoms with Gasteiger partial charge in [0.2, 0.25) is 15.9 Å². The predicted molar refractivity (Wildman–Crippen MR) is 116 cm³/mol. The highest BCUT2D eigenvalue weighted by Gasteiger charge is 2.20. The van der Waals surface area contributed by atoms with Crippen LogP contribution in [0.25, 0.3) is 0 Å². The molecule has 0 spiro atoms. The van der Waals surface area contributed by atoms with Gasteiger partial charge in [-0.2, -0.15) is 0 Å². The Hall–Kier alpha value is -2.94. The molecule has 1 amide bonds. The van der Waals surface area contributed by atoms with Crippen LogP contribution < -0.4 is 23.8 Å². The summed E-state index contributed by atoms with van der Waals surface area (Å²) in [5.41, 5.74) is 0.453. The van der Waals surface area contributed by atoms with Gasteiger partial charge < -0.3 is 19.5 Å². The number of nitrogens with one attached hydrogen (secondary N) is 1. The molecule has 0 bridgehead atoms. The highest BCUT2D eigenvalue weighted by molar-refractivity contribution is 7.92. The van der Waals surface area contributed by atoms with Gasteiger partial charge in [-0.15, -0.1) is 0 Å². The van der Waals surface area contributed by atoms with E-state index in [9.17, 15) is 13.2 Å². The van der Waals surface area contributed by atoms with Gasteiger partial charge in [-0.25, -0.2) is 8.42 Å². The summed E-state index contributed by atoms with van der Waals surface area (Å²) < 4.78 is 41.6. The zero-order valence-corrected chi connectivity index (χ0v) is 18.3. The molecule has 0 aromatic heterocycles. The fourth-order valence-electron chi connectivity index (χ4n) is 2.82. The van der Waals surface area contributed by atoms with Crippen molar-refractivity contribution in [3.8, 4) is 17.2 Å². The van der Waals surface area contributed by atoms with Crippen LogP contribution in [0.1, 0.15) is 12.8 Å². The van der Waals surface area contributed by atoms with Crippen molar-refractivity contribution in [2.24, 2.45) is 0 Å². The minimum atomic E-state index is -3.51. The van der Waals surface area contributed by atoms with E-state index in [0.717, 1.165) is 6.26 Å². The van der Waals surface area contributed by atoms with Crippen molar-refractivity contribution in [1.29, 1.82) is 0 Å². The number of amides is 1. The normalized spacial score (nSPS) is 10.9. The van der Waals surface area contributed by atoms with E-state index in [4.69, 9.17) is 14.2 Å². The standard InChI is InChI=1S/C21H28N2O6S/c1-27-17-8-6-9-18(16-17)29-15-13-22-21(24)12-7-14-23(30(3,25)26)19-10-4-5-11-20(19)28-2/h4-6,8-11,16H,7,12-15H2,1-3H3,(H,22,24). The Morgan fingerprint density at radius 2 is 1.77 bits per heavy atom. The van der Waals surface area contributed by atoms with Crippen molar-refractivity contribution in [2.75, 3.05) is 44.5 Å². The third-order valence-corrected chi connectivity index (χ3v) is 5.43. The van der Waals surface area contributed by atoms with Gasteiger partial charge in [0.1, 0.15) is 23.9 Å². The number of carbonyl (C=O) groups is 1. The van der Waals surface area contributed by atoms with Gasteiger partial charge in [0.15, 0.2) is 0 Å². The molecule has 0 atom stereocenters. The average Bonchev–Trinajstić information content (AvgIpc) is 2.73. The van der Waals surface area contributed by atoms with E-state index >= 15 is 0 Å². The first-order valence-corrected chi connectivity index (χ1v) is 11.3. The smallest absolute Gasteiger partial charge is 0.232 e. The number of anilines is 1. The summed E-state index contributed by atoms with van der Waals surface area (Å²) in [5.74, 6) is 1.64. The molecule has 30 heavy (non-hydrogen) atoms. The number of sulfonamides is 1. The van der Waals surface area contributed by atoms with E-state index in [1.807, 2.05) is 18.2 Å². The minimum Gasteiger partial charge on any atom is -0.497 e. The van der Waals surface area contributed by atoms with Crippen molar-refractivity contribution in [3.63, 3.8) is 0 Å². The summed E-state index contributed by atoms with van der Waals surface area (Å²) >= 11 is 0. The summed E-state index contributed by atoms with van der Waals surface area (Å²) in [7, 11) is -0.447. The second kappa shape index (κ2) is 11.3. The molecule has 0 fully saturated rings. The summed E-state index contributed by atoms with van der Waals surface area (Å²) in [6.45, 7) is 0.834. The third-order valence-electron chi connectivity index (χ3n) is 4.25. The monoisotopic (exact) mass is 436 g/mol. The second-order valence-electron chi connectivity index (χ2n) is 6.49. The first-order chi connectivity index (χ1) is 14.3. The Labute approximate surface area is 177 Å². The van der Waals surface area contributed by atoms with Gasteiger partial charge in [-0.3, -0.25) is 9.10 Å². The summed E-state index contributed by atoms with van der Waals surface area (Å²) in [5, 5.41) is 2.77. The number of hydrogen-bond donors (Lipinski definition) is 1. The lowest BCUT2D eigenvalue weighted by molar-refractivity contribution is -0.121. The number of hydrogen-bond acceptors (Lipinski definition) is 6. The first-order valence-electron chi connectivity index (χ1n) is 9.49. The highest BCUT2D eigenvalue weighted by Crippen LogP contribution is 2.29. The van der Waals surface area contributed by atoms with E-state index in [-0.39, 0.29) is 18.9 Å². The van der Waals surface area contributed by atoms with Gasteiger partial charge in [-0.05, 0) is 30.7 Å². The van der Waals surface area contributed by atoms with Crippen LogP contribution >= 0.6 is 0 Å². The Morgan fingerprint density at radius 3 is 2.47 bits per heavy atom. The second-order valence-corrected chi connectivity index (χ2v) is 8.39. The number of rotatable bonds is 12. The van der Waals surface area contributed by atoms with Crippen LogP contribution in [0.15, 0.2) is 48.5 Å². The molecule has 8 nitrogen and oxygen atoms in total. The minimum absolute atomic E-state index is 0.169. The van der Waals surface area contributed by atoms with Gasteiger partial charge in [0.05, 0.1) is 32.7 Å². The van der Waals surface area contributed by atoms with E-state index in [2.05, 4.69) is 5.32 Å². The molecule has 0 unspecified atom stereocenters. The molecule has 0 aliphatic carbocycles. The van der Waals surface area contributed by atoms with E-state index in [1.54, 1.807) is 37.4 Å². The molecule has 0 aliphatic heterocycles. The van der Waals surface area contributed by atoms with Gasteiger partial charge in [0, 0.05) is 19.0 Å². The summed E-state index contributed by atoms with van der Waals surface area (Å²) in [6, 6.07) is 14.1. The fourth-order valence-corrected chi connectivity index (χ4v) is 3.79. The number of para-hydroxylation sites is 2. The lowest BCUT2D eigenvalue weighted by Crippen LogP contribution is -2.33. The zero-order valence-electron chi connectivity index (χ0n) is 17.5. The van der Waals surface area contributed by atoms with Crippen molar-refractivity contribution in [3.05, 3.63) is 48.5 Å². The van der Waals surface area contributed by atoms with Crippen LogP contribution in [-0.2, 0) is 14.8 Å². The molecule has 9 heteroatoms. The topological polar surface area (TPSA) is 94.2 Å². The molecule has 0 radical (unpaired) electrons. The molecule has 0 aliphatic rings. The van der Waals surface area contributed by atoms with Crippen molar-refractivity contribution in [1.82, 2.24) is 5.32 Å². The lowest BCUT2D eigenvalue weighted by Gasteiger charge is -2.24.